The molecule has 0 fully saturated rings. The van der Waals surface area contributed by atoms with E-state index in [1.807, 2.05) is 5.10 Å². The minimum absolute atomic E-state index is 0.119. The third kappa shape index (κ3) is 2.23. The fourth-order valence-electron chi connectivity index (χ4n) is 0.761. The molecule has 1 rings (SSSR count). The normalized spacial score (nSPS) is 12.8. The van der Waals surface area contributed by atoms with Gasteiger partial charge in [0.05, 0.1) is 6.54 Å². The molecule has 0 aromatic carbocycles. The van der Waals surface area contributed by atoms with E-state index in [9.17, 15) is 9.59 Å². The van der Waals surface area contributed by atoms with Crippen LogP contribution < -0.4 is 11.1 Å². The lowest BCUT2D eigenvalue weighted by atomic mass is 10.6. The first kappa shape index (κ1) is 9.62. The molecule has 7 nitrogen and oxygen atoms in total. The zero-order valence-corrected chi connectivity index (χ0v) is 6.93. The predicted molar refractivity (Wildman–Crippen MR) is 42.1 cm³/mol. The molecule has 0 bridgehead atoms. The second kappa shape index (κ2) is 3.97. The number of nitrogens with one attached hydrogen (secondary N) is 1. The van der Waals surface area contributed by atoms with Crippen molar-refractivity contribution >= 4 is 0 Å². The molecule has 0 amide bonds. The van der Waals surface area contributed by atoms with Crippen LogP contribution in [0.15, 0.2) is 15.9 Å². The highest BCUT2D eigenvalue weighted by Gasteiger charge is 2.05. The minimum atomic E-state index is -1.12. The molecule has 1 atom stereocenters. The fourth-order valence-corrected chi connectivity index (χ4v) is 0.761. The number of methoxy groups -OCH3 is 1. The summed E-state index contributed by atoms with van der Waals surface area (Å²) in [6, 6.07) is 0. The zero-order valence-electron chi connectivity index (χ0n) is 6.93. The number of nitrogens with zero attached hydrogens (tertiary/aromatic N) is 2. The molecule has 1 aromatic heterocycles. The van der Waals surface area contributed by atoms with Gasteiger partial charge < -0.3 is 9.84 Å². The molecule has 0 aliphatic rings. The Kier molecular flexibility index (Phi) is 2.93. The van der Waals surface area contributed by atoms with Crippen LogP contribution in [0.3, 0.4) is 0 Å². The molecular weight excluding hydrogens is 178 g/mol. The van der Waals surface area contributed by atoms with Gasteiger partial charge in [0.1, 0.15) is 6.33 Å². The average Bonchev–Trinajstić information content (AvgIpc) is 2.13. The highest BCUT2D eigenvalue weighted by atomic mass is 16.6. The second-order valence-electron chi connectivity index (χ2n) is 2.33. The topological polar surface area (TPSA) is 97.2 Å². The second-order valence-corrected chi connectivity index (χ2v) is 2.33. The molecule has 72 valence electrons. The summed E-state index contributed by atoms with van der Waals surface area (Å²) in [5.41, 5.74) is -1.60. The smallest absolute Gasteiger partial charge is 0.330 e. The molecule has 1 heterocycles. The van der Waals surface area contributed by atoms with Crippen LogP contribution in [-0.4, -0.2) is 33.3 Å². The number of hydrogen-bond donors (Lipinski definition) is 2. The Balaban J connectivity index is 2.96. The van der Waals surface area contributed by atoms with Crippen molar-refractivity contribution in [1.82, 2.24) is 14.8 Å². The van der Waals surface area contributed by atoms with Crippen molar-refractivity contribution in [2.45, 2.75) is 12.8 Å². The molecule has 7 heteroatoms. The van der Waals surface area contributed by atoms with Crippen LogP contribution in [-0.2, 0) is 11.3 Å². The standard InChI is InChI=1S/C6H9N3O4/c1-13-4(10)2-9-3-7-8-5(11)6(9)12/h3-4,10H,2H2,1H3,(H,8,11). The lowest BCUT2D eigenvalue weighted by Gasteiger charge is -2.08. The molecular formula is C6H9N3O4. The van der Waals surface area contributed by atoms with E-state index >= 15 is 0 Å². The van der Waals surface area contributed by atoms with Crippen molar-refractivity contribution in [2.24, 2.45) is 0 Å². The number of aliphatic hydroxyl groups excluding tert-OH is 1. The van der Waals surface area contributed by atoms with E-state index in [4.69, 9.17) is 5.11 Å². The maximum atomic E-state index is 11.0. The first-order valence-electron chi connectivity index (χ1n) is 3.50. The van der Waals surface area contributed by atoms with Gasteiger partial charge in [0, 0.05) is 7.11 Å². The summed E-state index contributed by atoms with van der Waals surface area (Å²) in [7, 11) is 1.29. The summed E-state index contributed by atoms with van der Waals surface area (Å²) in [5, 5.41) is 14.4. The minimum Gasteiger partial charge on any atom is -0.366 e. The quantitative estimate of drug-likeness (QED) is 0.417. The monoisotopic (exact) mass is 187 g/mol. The molecule has 1 aromatic rings. The Morgan fingerprint density at radius 3 is 3.08 bits per heavy atom. The fraction of sp³-hybridized carbons (Fsp3) is 0.500. The van der Waals surface area contributed by atoms with Gasteiger partial charge in [0.15, 0.2) is 6.29 Å². The Hall–Kier alpha value is -1.47. The molecule has 0 saturated carbocycles. The van der Waals surface area contributed by atoms with E-state index in [0.717, 1.165) is 10.9 Å². The van der Waals surface area contributed by atoms with Gasteiger partial charge >= 0.3 is 11.1 Å². The summed E-state index contributed by atoms with van der Waals surface area (Å²) < 4.78 is 5.47. The van der Waals surface area contributed by atoms with Gasteiger partial charge in [-0.05, 0) is 0 Å². The lowest BCUT2D eigenvalue weighted by molar-refractivity contribution is -0.0842. The zero-order chi connectivity index (χ0) is 9.84. The van der Waals surface area contributed by atoms with Crippen molar-refractivity contribution in [1.29, 1.82) is 0 Å². The van der Waals surface area contributed by atoms with Gasteiger partial charge in [-0.3, -0.25) is 14.2 Å². The number of aromatic nitrogens is 3. The summed E-state index contributed by atoms with van der Waals surface area (Å²) in [5.74, 6) is 0. The highest BCUT2D eigenvalue weighted by Crippen LogP contribution is 1.85. The van der Waals surface area contributed by atoms with E-state index in [1.165, 1.54) is 7.11 Å². The SMILES string of the molecule is COC(O)Cn1cn[nH]c(=O)c1=O. The molecule has 1 unspecified atom stereocenters. The maximum absolute atomic E-state index is 11.0. The van der Waals surface area contributed by atoms with Crippen LogP contribution in [0.2, 0.25) is 0 Å². The van der Waals surface area contributed by atoms with Crippen molar-refractivity contribution in [3.8, 4) is 0 Å². The van der Waals surface area contributed by atoms with Crippen LogP contribution in [0.1, 0.15) is 0 Å². The summed E-state index contributed by atoms with van der Waals surface area (Å²) >= 11 is 0. The van der Waals surface area contributed by atoms with E-state index in [0.29, 0.717) is 0 Å². The number of rotatable bonds is 3. The Labute approximate surface area is 72.6 Å². The van der Waals surface area contributed by atoms with Crippen molar-refractivity contribution in [3.05, 3.63) is 27.0 Å². The molecule has 2 N–H and O–H groups in total. The van der Waals surface area contributed by atoms with E-state index in [-0.39, 0.29) is 6.54 Å². The van der Waals surface area contributed by atoms with Gasteiger partial charge in [0.2, 0.25) is 0 Å². The molecule has 13 heavy (non-hydrogen) atoms. The third-order valence-electron chi connectivity index (χ3n) is 1.44. The number of hydrogen-bond acceptors (Lipinski definition) is 5. The first-order valence-corrected chi connectivity index (χ1v) is 3.50. The number of H-pyrrole nitrogens is 1. The van der Waals surface area contributed by atoms with Crippen molar-refractivity contribution in [2.75, 3.05) is 7.11 Å². The van der Waals surface area contributed by atoms with E-state index in [2.05, 4.69) is 9.84 Å². The van der Waals surface area contributed by atoms with E-state index < -0.39 is 17.4 Å². The highest BCUT2D eigenvalue weighted by molar-refractivity contribution is 4.74. The van der Waals surface area contributed by atoms with Crippen LogP contribution >= 0.6 is 0 Å². The molecule has 0 aliphatic heterocycles. The van der Waals surface area contributed by atoms with Crippen LogP contribution in [0.4, 0.5) is 0 Å². The maximum Gasteiger partial charge on any atom is 0.330 e. The van der Waals surface area contributed by atoms with Gasteiger partial charge in [-0.2, -0.15) is 5.10 Å². The van der Waals surface area contributed by atoms with Gasteiger partial charge in [-0.15, -0.1) is 0 Å². The summed E-state index contributed by atoms with van der Waals surface area (Å²) in [6.07, 6.45) is -0.00676. The summed E-state index contributed by atoms with van der Waals surface area (Å²) in [6.45, 7) is -0.119. The first-order chi connectivity index (χ1) is 6.15. The van der Waals surface area contributed by atoms with Crippen LogP contribution in [0.5, 0.6) is 0 Å². The lowest BCUT2D eigenvalue weighted by Crippen LogP contribution is -2.39. The van der Waals surface area contributed by atoms with Gasteiger partial charge in [-0.25, -0.2) is 5.10 Å². The van der Waals surface area contributed by atoms with Crippen molar-refractivity contribution < 1.29 is 9.84 Å². The van der Waals surface area contributed by atoms with E-state index in [1.54, 1.807) is 0 Å². The molecule has 0 radical (unpaired) electrons. The Bertz CT molecular complexity index is 382. The molecule has 0 spiro atoms. The Morgan fingerprint density at radius 2 is 2.46 bits per heavy atom. The number of ether oxygens (including phenoxy) is 1. The molecule has 0 saturated heterocycles. The van der Waals surface area contributed by atoms with Crippen LogP contribution in [0, 0.1) is 0 Å². The van der Waals surface area contributed by atoms with Gasteiger partial charge in [-0.1, -0.05) is 0 Å². The number of aliphatic hydroxyl groups is 1. The van der Waals surface area contributed by atoms with Crippen molar-refractivity contribution in [3.63, 3.8) is 0 Å². The van der Waals surface area contributed by atoms with Crippen LogP contribution in [0.25, 0.3) is 0 Å². The van der Waals surface area contributed by atoms with Gasteiger partial charge in [0.25, 0.3) is 0 Å². The number of aromatic amines is 1. The molecule has 0 aliphatic carbocycles. The largest absolute Gasteiger partial charge is 0.366 e. The third-order valence-corrected chi connectivity index (χ3v) is 1.44. The Morgan fingerprint density at radius 1 is 1.77 bits per heavy atom. The summed E-state index contributed by atoms with van der Waals surface area (Å²) in [4.78, 5) is 21.8. The average molecular weight is 187 g/mol. The predicted octanol–water partition coefficient (Wildman–Crippen LogP) is -2.10.